The van der Waals surface area contributed by atoms with Gasteiger partial charge in [-0.05, 0) is 19.1 Å². The Labute approximate surface area is 170 Å². The number of aromatic nitrogens is 3. The van der Waals surface area contributed by atoms with E-state index in [1.807, 2.05) is 0 Å². The topological polar surface area (TPSA) is 64.1 Å². The zero-order valence-electron chi connectivity index (χ0n) is 14.3. The lowest BCUT2D eigenvalue weighted by molar-refractivity contribution is -0.144. The van der Waals surface area contributed by atoms with Crippen LogP contribution in [0.15, 0.2) is 28.9 Å². The fraction of sp³-hybridized carbons (Fsp3) is 0.294. The Kier molecular flexibility index (Phi) is 5.83. The van der Waals surface area contributed by atoms with Gasteiger partial charge in [0.25, 0.3) is 0 Å². The van der Waals surface area contributed by atoms with E-state index in [9.17, 15) is 22.7 Å². The molecule has 0 aliphatic rings. The van der Waals surface area contributed by atoms with Gasteiger partial charge in [-0.3, -0.25) is 4.68 Å². The minimum absolute atomic E-state index is 0.00799. The Bertz CT molecular complexity index is 981. The van der Waals surface area contributed by atoms with E-state index in [0.29, 0.717) is 4.68 Å². The van der Waals surface area contributed by atoms with Gasteiger partial charge in [0.2, 0.25) is 0 Å². The lowest BCUT2D eigenvalue weighted by Crippen LogP contribution is -2.20. The molecule has 2 heterocycles. The van der Waals surface area contributed by atoms with E-state index < -0.39 is 23.8 Å². The molecule has 0 aliphatic heterocycles. The van der Waals surface area contributed by atoms with Crippen LogP contribution in [-0.4, -0.2) is 26.1 Å². The second kappa shape index (κ2) is 7.84. The third-order valence-corrected chi connectivity index (χ3v) is 4.79. The summed E-state index contributed by atoms with van der Waals surface area (Å²) < 4.78 is 61.1. The molecular formula is C17H13BrClF4N3O2. The van der Waals surface area contributed by atoms with Crippen LogP contribution in [0.5, 0.6) is 0 Å². The molecule has 1 atom stereocenters. The molecule has 0 unspecified atom stereocenters. The molecule has 3 rings (SSSR count). The van der Waals surface area contributed by atoms with E-state index in [2.05, 4.69) is 26.2 Å². The normalized spacial score (nSPS) is 13.1. The van der Waals surface area contributed by atoms with E-state index in [1.165, 1.54) is 19.1 Å². The van der Waals surface area contributed by atoms with Crippen molar-refractivity contribution in [3.05, 3.63) is 46.5 Å². The van der Waals surface area contributed by atoms with Crippen LogP contribution in [0, 0.1) is 5.82 Å². The van der Waals surface area contributed by atoms with Crippen LogP contribution in [0.3, 0.4) is 0 Å². The summed E-state index contributed by atoms with van der Waals surface area (Å²) in [5, 5.41) is 17.0. The number of nitrogens with zero attached hydrogens (tertiary/aromatic N) is 3. The molecule has 0 fully saturated rings. The molecule has 3 aromatic rings. The van der Waals surface area contributed by atoms with Crippen LogP contribution in [0.4, 0.5) is 17.6 Å². The summed E-state index contributed by atoms with van der Waals surface area (Å²) in [6.45, 7) is 0.983. The number of halogens is 6. The fourth-order valence-electron chi connectivity index (χ4n) is 2.80. The maximum Gasteiger partial charge on any atom is 0.433 e. The Hall–Kier alpha value is -1.91. The first-order valence-corrected chi connectivity index (χ1v) is 9.45. The third kappa shape index (κ3) is 3.81. The highest BCUT2D eigenvalue weighted by Crippen LogP contribution is 2.42. The molecule has 11 heteroatoms. The standard InChI is InChI=1S/C17H13BrClF4N3O2/c1-8(27)7-26-16(17(21,22)23)10(6-24-26)15-9(5-18)14(25-28-15)13-11(19)3-2-4-12(13)20/h2-4,6,8,27H,5,7H2,1H3/t8-/m1/s1. The van der Waals surface area contributed by atoms with Gasteiger partial charge in [0.05, 0.1) is 35.0 Å². The van der Waals surface area contributed by atoms with Crippen LogP contribution < -0.4 is 0 Å². The lowest BCUT2D eigenvalue weighted by Gasteiger charge is -2.13. The molecule has 28 heavy (non-hydrogen) atoms. The van der Waals surface area contributed by atoms with E-state index in [1.54, 1.807) is 0 Å². The number of alkyl halides is 4. The summed E-state index contributed by atoms with van der Waals surface area (Å²) in [6, 6.07) is 4.00. The van der Waals surface area contributed by atoms with Crippen molar-refractivity contribution in [1.29, 1.82) is 0 Å². The summed E-state index contributed by atoms with van der Waals surface area (Å²) in [4.78, 5) is 0. The van der Waals surface area contributed by atoms with Crippen LogP contribution in [0.25, 0.3) is 22.6 Å². The summed E-state index contributed by atoms with van der Waals surface area (Å²) >= 11 is 9.24. The van der Waals surface area contributed by atoms with Crippen molar-refractivity contribution in [1.82, 2.24) is 14.9 Å². The monoisotopic (exact) mass is 481 g/mol. The van der Waals surface area contributed by atoms with E-state index in [4.69, 9.17) is 16.1 Å². The van der Waals surface area contributed by atoms with Gasteiger partial charge in [0.1, 0.15) is 11.5 Å². The molecule has 0 radical (unpaired) electrons. The van der Waals surface area contributed by atoms with Crippen molar-refractivity contribution in [2.24, 2.45) is 0 Å². The Morgan fingerprint density at radius 3 is 2.64 bits per heavy atom. The predicted octanol–water partition coefficient (Wildman–Crippen LogP) is 5.29. The van der Waals surface area contributed by atoms with E-state index >= 15 is 0 Å². The molecule has 2 aromatic heterocycles. The molecule has 0 saturated carbocycles. The highest BCUT2D eigenvalue weighted by atomic mass is 79.9. The number of aliphatic hydroxyl groups is 1. The van der Waals surface area contributed by atoms with Gasteiger partial charge in [-0.15, -0.1) is 0 Å². The van der Waals surface area contributed by atoms with Gasteiger partial charge >= 0.3 is 6.18 Å². The quantitative estimate of drug-likeness (QED) is 0.396. The van der Waals surface area contributed by atoms with Crippen molar-refractivity contribution in [3.8, 4) is 22.6 Å². The van der Waals surface area contributed by atoms with E-state index in [-0.39, 0.29) is 45.0 Å². The molecule has 150 valence electrons. The zero-order chi connectivity index (χ0) is 20.6. The molecule has 0 bridgehead atoms. The molecule has 5 nitrogen and oxygen atoms in total. The first-order chi connectivity index (χ1) is 13.1. The van der Waals surface area contributed by atoms with Crippen LogP contribution in [0.1, 0.15) is 18.2 Å². The zero-order valence-corrected chi connectivity index (χ0v) is 16.6. The third-order valence-electron chi connectivity index (χ3n) is 3.91. The van der Waals surface area contributed by atoms with Gasteiger partial charge in [0.15, 0.2) is 11.5 Å². The van der Waals surface area contributed by atoms with Gasteiger partial charge in [-0.1, -0.05) is 38.8 Å². The number of aliphatic hydroxyl groups excluding tert-OH is 1. The molecule has 0 amide bonds. The van der Waals surface area contributed by atoms with E-state index in [0.717, 1.165) is 12.3 Å². The van der Waals surface area contributed by atoms with Crippen LogP contribution >= 0.6 is 27.5 Å². The second-order valence-corrected chi connectivity index (χ2v) is 6.97. The van der Waals surface area contributed by atoms with Crippen molar-refractivity contribution in [2.45, 2.75) is 31.1 Å². The summed E-state index contributed by atoms with van der Waals surface area (Å²) in [5.74, 6) is -0.897. The summed E-state index contributed by atoms with van der Waals surface area (Å²) in [7, 11) is 0. The SMILES string of the molecule is C[C@@H](O)Cn1ncc(-c2onc(-c3c(F)cccc3Cl)c2CBr)c1C(F)(F)F. The highest BCUT2D eigenvalue weighted by Gasteiger charge is 2.40. The Morgan fingerprint density at radius 2 is 2.07 bits per heavy atom. The van der Waals surface area contributed by atoms with Gasteiger partial charge < -0.3 is 9.63 Å². The molecular weight excluding hydrogens is 470 g/mol. The molecule has 0 aliphatic carbocycles. The van der Waals surface area contributed by atoms with Gasteiger partial charge in [-0.25, -0.2) is 4.39 Å². The van der Waals surface area contributed by atoms with Crippen molar-refractivity contribution < 1.29 is 27.2 Å². The van der Waals surface area contributed by atoms with Crippen LogP contribution in [0.2, 0.25) is 5.02 Å². The second-order valence-electron chi connectivity index (χ2n) is 6.00. The number of hydrogen-bond acceptors (Lipinski definition) is 4. The largest absolute Gasteiger partial charge is 0.433 e. The minimum Gasteiger partial charge on any atom is -0.391 e. The first kappa shape index (κ1) is 20.8. The minimum atomic E-state index is -4.77. The Balaban J connectivity index is 2.22. The highest BCUT2D eigenvalue weighted by molar-refractivity contribution is 9.08. The molecule has 1 N–H and O–H groups in total. The van der Waals surface area contributed by atoms with Gasteiger partial charge in [-0.2, -0.15) is 18.3 Å². The van der Waals surface area contributed by atoms with Crippen molar-refractivity contribution in [3.63, 3.8) is 0 Å². The number of hydrogen-bond donors (Lipinski definition) is 1. The smallest absolute Gasteiger partial charge is 0.391 e. The Morgan fingerprint density at radius 1 is 1.36 bits per heavy atom. The fourth-order valence-corrected chi connectivity index (χ4v) is 3.58. The van der Waals surface area contributed by atoms with Crippen LogP contribution in [-0.2, 0) is 18.1 Å². The average Bonchev–Trinajstić information content (AvgIpc) is 3.17. The first-order valence-electron chi connectivity index (χ1n) is 7.95. The molecule has 1 aromatic carbocycles. The number of rotatable bonds is 5. The van der Waals surface area contributed by atoms with Crippen molar-refractivity contribution in [2.75, 3.05) is 0 Å². The van der Waals surface area contributed by atoms with Gasteiger partial charge in [0, 0.05) is 10.9 Å². The lowest BCUT2D eigenvalue weighted by atomic mass is 10.0. The predicted molar refractivity (Wildman–Crippen MR) is 97.4 cm³/mol. The molecule has 0 saturated heterocycles. The maximum absolute atomic E-state index is 14.3. The average molecular weight is 483 g/mol. The summed E-state index contributed by atoms with van der Waals surface area (Å²) in [6.07, 6.45) is -4.84. The number of benzene rings is 1. The maximum atomic E-state index is 14.3. The molecule has 0 spiro atoms. The van der Waals surface area contributed by atoms with Crippen molar-refractivity contribution >= 4 is 27.5 Å². The summed E-state index contributed by atoms with van der Waals surface area (Å²) in [5.41, 5.74) is -1.36.